The van der Waals surface area contributed by atoms with Crippen LogP contribution in [0.3, 0.4) is 0 Å². The molecule has 3 rings (SSSR count). The lowest BCUT2D eigenvalue weighted by Crippen LogP contribution is -2.41. The highest BCUT2D eigenvalue weighted by molar-refractivity contribution is 7.91. The number of nitro benzene ring substituents is 1. The molecule has 0 aliphatic carbocycles. The van der Waals surface area contributed by atoms with E-state index in [1.807, 2.05) is 11.8 Å². The van der Waals surface area contributed by atoms with Gasteiger partial charge >= 0.3 is 0 Å². The molecular formula is C20H29N3O5S. The van der Waals surface area contributed by atoms with Crippen molar-refractivity contribution in [3.8, 4) is 0 Å². The van der Waals surface area contributed by atoms with Crippen molar-refractivity contribution in [3.63, 3.8) is 0 Å². The maximum absolute atomic E-state index is 13.1. The van der Waals surface area contributed by atoms with E-state index in [-0.39, 0.29) is 34.7 Å². The maximum atomic E-state index is 13.1. The standard InChI is InChI=1S/C20H29N3O5S/c1-3-9-22(17-8-12-29(27,28)14-17)20(24)16-4-5-18(19(13-16)23(25)26)21-10-6-15(2)7-11-21/h4-5,13,15,17H,3,6-12,14H2,1-2H3. The fourth-order valence-corrected chi connectivity index (χ4v) is 5.93. The summed E-state index contributed by atoms with van der Waals surface area (Å²) in [4.78, 5) is 28.0. The van der Waals surface area contributed by atoms with Crippen LogP contribution >= 0.6 is 0 Å². The maximum Gasteiger partial charge on any atom is 0.293 e. The summed E-state index contributed by atoms with van der Waals surface area (Å²) in [6.45, 7) is 6.05. The van der Waals surface area contributed by atoms with E-state index in [2.05, 4.69) is 6.92 Å². The topological polar surface area (TPSA) is 101 Å². The number of hydrogen-bond donors (Lipinski definition) is 0. The van der Waals surface area contributed by atoms with Gasteiger partial charge in [-0.3, -0.25) is 14.9 Å². The highest BCUT2D eigenvalue weighted by Gasteiger charge is 2.35. The Morgan fingerprint density at radius 2 is 1.97 bits per heavy atom. The molecule has 2 aliphatic rings. The molecule has 1 aromatic carbocycles. The first-order chi connectivity index (χ1) is 13.7. The highest BCUT2D eigenvalue weighted by atomic mass is 32.2. The average molecular weight is 424 g/mol. The van der Waals surface area contributed by atoms with Gasteiger partial charge in [0.1, 0.15) is 5.69 Å². The Bertz CT molecular complexity index is 878. The molecule has 1 amide bonds. The van der Waals surface area contributed by atoms with Crippen LogP contribution < -0.4 is 4.90 Å². The third-order valence-electron chi connectivity index (χ3n) is 5.92. The normalized spacial score (nSPS) is 21.9. The molecule has 29 heavy (non-hydrogen) atoms. The summed E-state index contributed by atoms with van der Waals surface area (Å²) in [5, 5.41) is 11.7. The molecule has 2 saturated heterocycles. The number of amides is 1. The van der Waals surface area contributed by atoms with E-state index in [1.54, 1.807) is 17.0 Å². The number of carbonyl (C=O) groups is 1. The van der Waals surface area contributed by atoms with E-state index in [0.717, 1.165) is 25.9 Å². The van der Waals surface area contributed by atoms with Gasteiger partial charge in [-0.15, -0.1) is 0 Å². The highest BCUT2D eigenvalue weighted by Crippen LogP contribution is 2.33. The van der Waals surface area contributed by atoms with Gasteiger partial charge in [0.05, 0.1) is 16.4 Å². The summed E-state index contributed by atoms with van der Waals surface area (Å²) in [6, 6.07) is 4.28. The minimum atomic E-state index is -3.13. The molecule has 1 aromatic rings. The van der Waals surface area contributed by atoms with E-state index in [4.69, 9.17) is 0 Å². The van der Waals surface area contributed by atoms with Gasteiger partial charge in [0, 0.05) is 37.3 Å². The predicted molar refractivity (Wildman–Crippen MR) is 112 cm³/mol. The summed E-state index contributed by atoms with van der Waals surface area (Å²) in [5.41, 5.74) is 0.716. The van der Waals surface area contributed by atoms with Crippen molar-refractivity contribution in [1.82, 2.24) is 4.90 Å². The van der Waals surface area contributed by atoms with Gasteiger partial charge in [0.15, 0.2) is 9.84 Å². The zero-order valence-electron chi connectivity index (χ0n) is 17.0. The minimum absolute atomic E-state index is 0.0368. The molecule has 2 heterocycles. The quantitative estimate of drug-likeness (QED) is 0.515. The van der Waals surface area contributed by atoms with E-state index < -0.39 is 14.8 Å². The van der Waals surface area contributed by atoms with Crippen molar-refractivity contribution < 1.29 is 18.1 Å². The number of hydrogen-bond acceptors (Lipinski definition) is 6. The predicted octanol–water partition coefficient (Wildman–Crippen LogP) is 2.87. The van der Waals surface area contributed by atoms with Crippen molar-refractivity contribution in [2.45, 2.75) is 45.6 Å². The van der Waals surface area contributed by atoms with Crippen molar-refractivity contribution in [1.29, 1.82) is 0 Å². The Morgan fingerprint density at radius 1 is 1.28 bits per heavy atom. The molecule has 0 spiro atoms. The van der Waals surface area contributed by atoms with Crippen molar-refractivity contribution in [2.24, 2.45) is 5.92 Å². The Hall–Kier alpha value is -2.16. The number of piperidine rings is 1. The fourth-order valence-electron chi connectivity index (χ4n) is 4.20. The third kappa shape index (κ3) is 4.88. The molecule has 9 heteroatoms. The van der Waals surface area contributed by atoms with Gasteiger partial charge in [-0.05, 0) is 43.7 Å². The van der Waals surface area contributed by atoms with Crippen molar-refractivity contribution in [3.05, 3.63) is 33.9 Å². The number of nitrogens with zero attached hydrogens (tertiary/aromatic N) is 3. The lowest BCUT2D eigenvalue weighted by atomic mass is 9.98. The van der Waals surface area contributed by atoms with Crippen LogP contribution in [0, 0.1) is 16.0 Å². The monoisotopic (exact) mass is 423 g/mol. The molecule has 2 fully saturated rings. The number of nitro groups is 1. The summed E-state index contributed by atoms with van der Waals surface area (Å²) < 4.78 is 23.7. The minimum Gasteiger partial charge on any atom is -0.366 e. The summed E-state index contributed by atoms with van der Waals surface area (Å²) in [5.74, 6) is 0.315. The van der Waals surface area contributed by atoms with Crippen LogP contribution in [0.1, 0.15) is 49.9 Å². The number of benzene rings is 1. The van der Waals surface area contributed by atoms with E-state index in [1.165, 1.54) is 6.07 Å². The second kappa shape index (κ2) is 8.69. The Balaban J connectivity index is 1.88. The smallest absolute Gasteiger partial charge is 0.293 e. The molecule has 1 unspecified atom stereocenters. The van der Waals surface area contributed by atoms with Crippen LogP contribution in [0.4, 0.5) is 11.4 Å². The van der Waals surface area contributed by atoms with Gasteiger partial charge in [-0.2, -0.15) is 0 Å². The average Bonchev–Trinajstić information content (AvgIpc) is 3.05. The van der Waals surface area contributed by atoms with Gasteiger partial charge in [-0.1, -0.05) is 13.8 Å². The number of carbonyl (C=O) groups excluding carboxylic acids is 1. The molecule has 0 saturated carbocycles. The van der Waals surface area contributed by atoms with Crippen LogP contribution in [0.5, 0.6) is 0 Å². The Morgan fingerprint density at radius 3 is 2.52 bits per heavy atom. The molecule has 8 nitrogen and oxygen atoms in total. The molecule has 160 valence electrons. The zero-order chi connectivity index (χ0) is 21.2. The van der Waals surface area contributed by atoms with Gasteiger partial charge < -0.3 is 9.80 Å². The molecule has 0 N–H and O–H groups in total. The first-order valence-electron chi connectivity index (χ1n) is 10.3. The number of rotatable bonds is 6. The number of anilines is 1. The molecule has 1 atom stereocenters. The van der Waals surface area contributed by atoms with Crippen LogP contribution in [0.15, 0.2) is 18.2 Å². The van der Waals surface area contributed by atoms with E-state index >= 15 is 0 Å². The summed E-state index contributed by atoms with van der Waals surface area (Å²) >= 11 is 0. The van der Waals surface area contributed by atoms with Crippen LogP contribution in [-0.2, 0) is 9.84 Å². The largest absolute Gasteiger partial charge is 0.366 e. The van der Waals surface area contributed by atoms with E-state index in [0.29, 0.717) is 31.0 Å². The molecule has 0 bridgehead atoms. The van der Waals surface area contributed by atoms with Crippen LogP contribution in [-0.4, -0.2) is 61.3 Å². The zero-order valence-corrected chi connectivity index (χ0v) is 17.9. The van der Waals surface area contributed by atoms with Crippen molar-refractivity contribution in [2.75, 3.05) is 36.0 Å². The van der Waals surface area contributed by atoms with Crippen LogP contribution in [0.25, 0.3) is 0 Å². The summed E-state index contributed by atoms with van der Waals surface area (Å²) in [6.07, 6.45) is 3.07. The second-order valence-corrected chi connectivity index (χ2v) is 10.4. The van der Waals surface area contributed by atoms with Gasteiger partial charge in [0.2, 0.25) is 0 Å². The number of sulfone groups is 1. The molecule has 0 radical (unpaired) electrons. The SMILES string of the molecule is CCCN(C(=O)c1ccc(N2CCC(C)CC2)c([N+](=O)[O-])c1)C1CCS(=O)(=O)C1. The third-order valence-corrected chi connectivity index (χ3v) is 7.67. The lowest BCUT2D eigenvalue weighted by molar-refractivity contribution is -0.384. The van der Waals surface area contributed by atoms with Gasteiger partial charge in [-0.25, -0.2) is 8.42 Å². The molecular weight excluding hydrogens is 394 g/mol. The van der Waals surface area contributed by atoms with Crippen molar-refractivity contribution >= 4 is 27.1 Å². The first-order valence-corrected chi connectivity index (χ1v) is 12.1. The first kappa shape index (κ1) is 21.5. The Kier molecular flexibility index (Phi) is 6.45. The molecule has 2 aliphatic heterocycles. The van der Waals surface area contributed by atoms with Gasteiger partial charge in [0.25, 0.3) is 11.6 Å². The van der Waals surface area contributed by atoms with E-state index in [9.17, 15) is 23.3 Å². The van der Waals surface area contributed by atoms with Crippen LogP contribution in [0.2, 0.25) is 0 Å². The Labute approximate surface area is 171 Å². The lowest BCUT2D eigenvalue weighted by Gasteiger charge is -2.32. The fraction of sp³-hybridized carbons (Fsp3) is 0.650. The molecule has 0 aromatic heterocycles. The summed E-state index contributed by atoms with van der Waals surface area (Å²) in [7, 11) is -3.13. The second-order valence-electron chi connectivity index (χ2n) is 8.19.